The Hall–Kier alpha value is -3.43. The molecule has 9 heteroatoms. The molecule has 1 aliphatic rings. The zero-order valence-electron chi connectivity index (χ0n) is 20.5. The van der Waals surface area contributed by atoms with Crippen LogP contribution in [-0.4, -0.2) is 47.3 Å². The first-order valence-corrected chi connectivity index (χ1v) is 12.2. The highest BCUT2D eigenvalue weighted by molar-refractivity contribution is 6.26. The van der Waals surface area contributed by atoms with Crippen LogP contribution in [0.2, 0.25) is 0 Å². The molecule has 0 amide bonds. The predicted octanol–water partition coefficient (Wildman–Crippen LogP) is 1.20. The Morgan fingerprint density at radius 3 is 2.22 bits per heavy atom. The summed E-state index contributed by atoms with van der Waals surface area (Å²) < 4.78 is 11.2. The zero-order chi connectivity index (χ0) is 26.3. The van der Waals surface area contributed by atoms with E-state index in [1.165, 1.54) is 6.42 Å². The zero-order valence-corrected chi connectivity index (χ0v) is 20.5. The van der Waals surface area contributed by atoms with Gasteiger partial charge >= 0.3 is 11.9 Å². The maximum atomic E-state index is 12.1. The lowest BCUT2D eigenvalue weighted by Crippen LogP contribution is -2.91. The van der Waals surface area contributed by atoms with Crippen LogP contribution in [0, 0.1) is 5.92 Å². The first-order chi connectivity index (χ1) is 17.3. The number of carbonyl (C=O) groups is 3. The number of esters is 1. The normalized spacial score (nSPS) is 15.1. The van der Waals surface area contributed by atoms with Gasteiger partial charge in [-0.1, -0.05) is 61.7 Å². The summed E-state index contributed by atoms with van der Waals surface area (Å²) in [6.45, 7) is 3.54. The fraction of sp³-hybridized carbons (Fsp3) is 0.444. The summed E-state index contributed by atoms with van der Waals surface area (Å²) in [4.78, 5) is 30.1. The van der Waals surface area contributed by atoms with Gasteiger partial charge in [0.2, 0.25) is 0 Å². The van der Waals surface area contributed by atoms with E-state index in [0.29, 0.717) is 19.8 Å². The van der Waals surface area contributed by atoms with Crippen molar-refractivity contribution in [3.63, 3.8) is 0 Å². The van der Waals surface area contributed by atoms with E-state index in [4.69, 9.17) is 29.3 Å². The second-order valence-electron chi connectivity index (χ2n) is 8.77. The predicted molar refractivity (Wildman–Crippen MR) is 129 cm³/mol. The largest absolute Gasteiger partial charge is 0.539 e. The van der Waals surface area contributed by atoms with Crippen molar-refractivity contribution >= 4 is 17.9 Å². The third-order valence-electron chi connectivity index (χ3n) is 5.98. The number of carboxylic acids is 2. The Balaban J connectivity index is 0.000000678. The molecule has 2 unspecified atom stereocenters. The SMILES string of the molecule is CC([NH2+]CCOC(=O)C1CCCCC1)C(O)c1ccc(OCc2ccccc2)cc1.O=C([O-])C(=O)O. The minimum absolute atomic E-state index is 0.0329. The molecule has 3 rings (SSSR count). The maximum absolute atomic E-state index is 12.1. The number of nitrogens with two attached hydrogens (primary N) is 1. The molecule has 0 radical (unpaired) electrons. The fourth-order valence-electron chi connectivity index (χ4n) is 3.88. The van der Waals surface area contributed by atoms with Crippen molar-refractivity contribution in [2.75, 3.05) is 13.2 Å². The topological polar surface area (TPSA) is 150 Å². The smallest absolute Gasteiger partial charge is 0.351 e. The van der Waals surface area contributed by atoms with Gasteiger partial charge < -0.3 is 34.9 Å². The van der Waals surface area contributed by atoms with Crippen LogP contribution in [0.3, 0.4) is 0 Å². The quantitative estimate of drug-likeness (QED) is 0.250. The first kappa shape index (κ1) is 28.8. The van der Waals surface area contributed by atoms with Gasteiger partial charge in [-0.25, -0.2) is 4.79 Å². The van der Waals surface area contributed by atoms with Gasteiger partial charge in [-0.05, 0) is 43.0 Å². The van der Waals surface area contributed by atoms with E-state index in [-0.39, 0.29) is 17.9 Å². The number of benzene rings is 2. The summed E-state index contributed by atoms with van der Waals surface area (Å²) in [7, 11) is 0. The lowest BCUT2D eigenvalue weighted by molar-refractivity contribution is -0.695. The van der Waals surface area contributed by atoms with Crippen molar-refractivity contribution in [2.45, 2.75) is 57.8 Å². The van der Waals surface area contributed by atoms with E-state index in [1.807, 2.05) is 66.8 Å². The highest BCUT2D eigenvalue weighted by Gasteiger charge is 2.23. The van der Waals surface area contributed by atoms with E-state index in [2.05, 4.69) is 0 Å². The highest BCUT2D eigenvalue weighted by Crippen LogP contribution is 2.24. The van der Waals surface area contributed by atoms with E-state index in [9.17, 15) is 9.90 Å². The molecule has 0 aliphatic heterocycles. The van der Waals surface area contributed by atoms with Crippen molar-refractivity contribution in [2.24, 2.45) is 5.92 Å². The van der Waals surface area contributed by atoms with Crippen molar-refractivity contribution in [3.05, 3.63) is 65.7 Å². The molecule has 36 heavy (non-hydrogen) atoms. The summed E-state index contributed by atoms with van der Waals surface area (Å²) >= 11 is 0. The van der Waals surface area contributed by atoms with Crippen molar-refractivity contribution < 1.29 is 44.5 Å². The van der Waals surface area contributed by atoms with Crippen LogP contribution in [0.4, 0.5) is 0 Å². The molecule has 2 aromatic carbocycles. The molecule has 0 spiro atoms. The van der Waals surface area contributed by atoms with Gasteiger partial charge in [0.25, 0.3) is 0 Å². The third kappa shape index (κ3) is 10.5. The van der Waals surface area contributed by atoms with Crippen molar-refractivity contribution in [3.8, 4) is 5.75 Å². The Morgan fingerprint density at radius 2 is 1.64 bits per heavy atom. The summed E-state index contributed by atoms with van der Waals surface area (Å²) in [6.07, 6.45) is 4.82. The number of rotatable bonds is 10. The van der Waals surface area contributed by atoms with Gasteiger partial charge in [-0.15, -0.1) is 0 Å². The Morgan fingerprint density at radius 1 is 1.03 bits per heavy atom. The average molecular weight is 502 g/mol. The second kappa shape index (κ2) is 15.5. The number of aliphatic carboxylic acids is 2. The minimum Gasteiger partial charge on any atom is -0.539 e. The average Bonchev–Trinajstić information content (AvgIpc) is 2.91. The Bertz CT molecular complexity index is 930. The molecule has 4 N–H and O–H groups in total. The number of hydrogen-bond acceptors (Lipinski definition) is 7. The third-order valence-corrected chi connectivity index (χ3v) is 5.98. The van der Waals surface area contributed by atoms with E-state index in [1.54, 1.807) is 0 Å². The number of hydrogen-bond donors (Lipinski definition) is 3. The number of ether oxygens (including phenoxy) is 2. The number of quaternary nitrogens is 1. The molecule has 196 valence electrons. The number of carbonyl (C=O) groups excluding carboxylic acids is 2. The molecule has 9 nitrogen and oxygen atoms in total. The van der Waals surface area contributed by atoms with Crippen molar-refractivity contribution in [1.82, 2.24) is 0 Å². The van der Waals surface area contributed by atoms with Crippen LogP contribution in [0.25, 0.3) is 0 Å². The Labute approximate surface area is 211 Å². The number of aliphatic hydroxyl groups is 1. The van der Waals surface area contributed by atoms with Crippen LogP contribution in [0.1, 0.15) is 56.3 Å². The van der Waals surface area contributed by atoms with Crippen LogP contribution >= 0.6 is 0 Å². The first-order valence-electron chi connectivity index (χ1n) is 12.2. The molecule has 1 aliphatic carbocycles. The van der Waals surface area contributed by atoms with E-state index < -0.39 is 18.0 Å². The molecule has 0 bridgehead atoms. The van der Waals surface area contributed by atoms with Crippen LogP contribution in [0.15, 0.2) is 54.6 Å². The van der Waals surface area contributed by atoms with Crippen molar-refractivity contribution in [1.29, 1.82) is 0 Å². The van der Waals surface area contributed by atoms with Crippen LogP contribution in [0.5, 0.6) is 5.75 Å². The van der Waals surface area contributed by atoms with Gasteiger partial charge in [0.15, 0.2) is 5.97 Å². The Kier molecular flexibility index (Phi) is 12.4. The second-order valence-corrected chi connectivity index (χ2v) is 8.77. The van der Waals surface area contributed by atoms with Gasteiger partial charge in [0, 0.05) is 0 Å². The molecule has 2 atom stereocenters. The number of carboxylic acid groups (broad SMARTS) is 2. The summed E-state index contributed by atoms with van der Waals surface area (Å²) in [5, 5.41) is 29.0. The fourth-order valence-corrected chi connectivity index (χ4v) is 3.88. The molecule has 0 aromatic heterocycles. The summed E-state index contributed by atoms with van der Waals surface area (Å²) in [5.41, 5.74) is 1.97. The molecule has 2 aromatic rings. The molecule has 0 saturated heterocycles. The maximum Gasteiger partial charge on any atom is 0.351 e. The van der Waals surface area contributed by atoms with Gasteiger partial charge in [0.1, 0.15) is 37.7 Å². The van der Waals surface area contributed by atoms with Crippen LogP contribution < -0.4 is 15.2 Å². The van der Waals surface area contributed by atoms with E-state index in [0.717, 1.165) is 42.6 Å². The molecule has 1 fully saturated rings. The van der Waals surface area contributed by atoms with Gasteiger partial charge in [-0.3, -0.25) is 4.79 Å². The van der Waals surface area contributed by atoms with Gasteiger partial charge in [0.05, 0.1) is 5.92 Å². The molecule has 0 heterocycles. The molecular weight excluding hydrogens is 466 g/mol. The summed E-state index contributed by atoms with van der Waals surface area (Å²) in [5.74, 6) is -3.20. The molecule has 1 saturated carbocycles. The van der Waals surface area contributed by atoms with Crippen LogP contribution in [-0.2, 0) is 25.7 Å². The molecular formula is C27H35NO8. The monoisotopic (exact) mass is 501 g/mol. The van der Waals surface area contributed by atoms with Gasteiger partial charge in [-0.2, -0.15) is 0 Å². The standard InChI is InChI=1S/C25H33NO4.C2H2O4/c1-19(26-16-17-29-25(28)22-10-6-3-7-11-22)24(27)21-12-14-23(15-13-21)30-18-20-8-4-2-5-9-20;3-1(4)2(5)6/h2,4-5,8-9,12-15,19,22,24,26-27H,3,6-7,10-11,16-18H2,1H3;(H,3,4)(H,5,6). The number of aliphatic hydroxyl groups excluding tert-OH is 1. The highest BCUT2D eigenvalue weighted by atomic mass is 16.5. The van der Waals surface area contributed by atoms with E-state index >= 15 is 0 Å². The minimum atomic E-state index is -2.07. The summed E-state index contributed by atoms with van der Waals surface area (Å²) in [6, 6.07) is 17.6. The lowest BCUT2D eigenvalue weighted by Gasteiger charge is -2.20. The lowest BCUT2D eigenvalue weighted by atomic mass is 9.89.